The summed E-state index contributed by atoms with van der Waals surface area (Å²) in [5.41, 5.74) is 2.66. The highest BCUT2D eigenvalue weighted by atomic mass is 79.9. The summed E-state index contributed by atoms with van der Waals surface area (Å²) in [7, 11) is 0. The summed E-state index contributed by atoms with van der Waals surface area (Å²) in [4.78, 5) is -0.292. The molecular weight excluding hydrogens is 316 g/mol. The summed E-state index contributed by atoms with van der Waals surface area (Å²) >= 11 is 9.25. The number of hydrogen-bond donors (Lipinski definition) is 0. The second kappa shape index (κ2) is 5.61. The van der Waals surface area contributed by atoms with Crippen molar-refractivity contribution in [1.82, 2.24) is 0 Å². The van der Waals surface area contributed by atoms with Crippen LogP contribution in [0, 0.1) is 13.8 Å². The molecule has 0 spiro atoms. The lowest BCUT2D eigenvalue weighted by atomic mass is 10.0. The number of aryl methyl sites for hydroxylation is 2. The van der Waals surface area contributed by atoms with E-state index in [4.69, 9.17) is 11.6 Å². The first-order chi connectivity index (χ1) is 7.70. The van der Waals surface area contributed by atoms with Crippen LogP contribution >= 0.6 is 27.5 Å². The molecule has 0 nitrogen and oxygen atoms in total. The first-order valence-corrected chi connectivity index (χ1v) is 6.47. The molecule has 1 rings (SSSR count). The molecule has 0 N–H and O–H groups in total. The maximum absolute atomic E-state index is 12.1. The van der Waals surface area contributed by atoms with E-state index < -0.39 is 12.6 Å². The summed E-state index contributed by atoms with van der Waals surface area (Å²) in [6.45, 7) is 3.69. The topological polar surface area (TPSA) is 0 Å². The normalized spacial score (nSPS) is 13.8. The van der Waals surface area contributed by atoms with Gasteiger partial charge in [0.15, 0.2) is 0 Å². The van der Waals surface area contributed by atoms with Gasteiger partial charge in [-0.05, 0) is 43.0 Å². The Morgan fingerprint density at radius 1 is 1.24 bits per heavy atom. The first kappa shape index (κ1) is 14.8. The largest absolute Gasteiger partial charge is 0.389 e. The number of benzene rings is 1. The molecule has 1 unspecified atom stereocenters. The van der Waals surface area contributed by atoms with Gasteiger partial charge in [0.25, 0.3) is 0 Å². The van der Waals surface area contributed by atoms with E-state index in [0.717, 1.165) is 16.7 Å². The van der Waals surface area contributed by atoms with E-state index in [0.29, 0.717) is 5.02 Å². The van der Waals surface area contributed by atoms with Gasteiger partial charge in [0.1, 0.15) is 0 Å². The van der Waals surface area contributed by atoms with Gasteiger partial charge in [0, 0.05) is 16.3 Å². The van der Waals surface area contributed by atoms with Gasteiger partial charge in [-0.15, -0.1) is 0 Å². The van der Waals surface area contributed by atoms with Gasteiger partial charge in [0.05, 0.1) is 0 Å². The molecule has 17 heavy (non-hydrogen) atoms. The van der Waals surface area contributed by atoms with Crippen LogP contribution in [0.5, 0.6) is 0 Å². The monoisotopic (exact) mass is 328 g/mol. The van der Waals surface area contributed by atoms with Gasteiger partial charge in [-0.25, -0.2) is 0 Å². The molecule has 96 valence electrons. The van der Waals surface area contributed by atoms with E-state index >= 15 is 0 Å². The van der Waals surface area contributed by atoms with Crippen LogP contribution < -0.4 is 0 Å². The Kier molecular flexibility index (Phi) is 4.90. The number of alkyl halides is 4. The standard InChI is InChI=1S/C12H13BrClF3/c1-7-6-11(14)8(2)5-9(7)10(13)3-4-12(15,16)17/h5-6,10H,3-4H2,1-2H3. The number of hydrogen-bond acceptors (Lipinski definition) is 0. The van der Waals surface area contributed by atoms with E-state index in [2.05, 4.69) is 15.9 Å². The van der Waals surface area contributed by atoms with Gasteiger partial charge in [0.2, 0.25) is 0 Å². The fraction of sp³-hybridized carbons (Fsp3) is 0.500. The molecule has 0 amide bonds. The van der Waals surface area contributed by atoms with Crippen LogP contribution in [0.1, 0.15) is 34.4 Å². The Balaban J connectivity index is 2.82. The summed E-state index contributed by atoms with van der Waals surface area (Å²) in [6.07, 6.45) is -4.86. The Hall–Kier alpha value is -0.220. The quantitative estimate of drug-likeness (QED) is 0.621. The minimum Gasteiger partial charge on any atom is -0.171 e. The first-order valence-electron chi connectivity index (χ1n) is 5.18. The fourth-order valence-corrected chi connectivity index (χ4v) is 2.53. The highest BCUT2D eigenvalue weighted by Crippen LogP contribution is 2.36. The lowest BCUT2D eigenvalue weighted by molar-refractivity contribution is -0.135. The number of halogens is 5. The van der Waals surface area contributed by atoms with Gasteiger partial charge >= 0.3 is 6.18 Å². The summed E-state index contributed by atoms with van der Waals surface area (Å²) in [6, 6.07) is 3.63. The van der Waals surface area contributed by atoms with E-state index in [1.54, 1.807) is 6.07 Å². The van der Waals surface area contributed by atoms with Crippen LogP contribution in [0.2, 0.25) is 5.02 Å². The zero-order valence-electron chi connectivity index (χ0n) is 9.54. The lowest BCUT2D eigenvalue weighted by Crippen LogP contribution is -2.08. The molecule has 0 bridgehead atoms. The third-order valence-corrected chi connectivity index (χ3v) is 3.92. The Bertz CT molecular complexity index is 401. The van der Waals surface area contributed by atoms with Crippen molar-refractivity contribution >= 4 is 27.5 Å². The lowest BCUT2D eigenvalue weighted by Gasteiger charge is -2.15. The molecule has 0 radical (unpaired) electrons. The van der Waals surface area contributed by atoms with E-state index in [1.165, 1.54) is 0 Å². The third kappa shape index (κ3) is 4.51. The van der Waals surface area contributed by atoms with Crippen molar-refractivity contribution in [1.29, 1.82) is 0 Å². The summed E-state index contributed by atoms with van der Waals surface area (Å²) in [5, 5.41) is 0.641. The fourth-order valence-electron chi connectivity index (χ4n) is 1.59. The van der Waals surface area contributed by atoms with Gasteiger partial charge in [-0.1, -0.05) is 33.6 Å². The zero-order valence-corrected chi connectivity index (χ0v) is 11.9. The van der Waals surface area contributed by atoms with Crippen LogP contribution in [-0.2, 0) is 0 Å². The molecule has 0 saturated heterocycles. The number of rotatable bonds is 3. The molecule has 1 aromatic carbocycles. The molecule has 0 aliphatic rings. The Labute approximate surface area is 112 Å². The molecule has 0 aliphatic carbocycles. The molecule has 0 saturated carbocycles. The third-order valence-electron chi connectivity index (χ3n) is 2.57. The minimum absolute atomic E-state index is 0.0331. The summed E-state index contributed by atoms with van der Waals surface area (Å²) in [5.74, 6) is 0. The predicted octanol–water partition coefficient (Wildman–Crippen LogP) is 5.74. The van der Waals surface area contributed by atoms with Crippen LogP contribution in [0.25, 0.3) is 0 Å². The molecule has 1 atom stereocenters. The maximum atomic E-state index is 12.1. The SMILES string of the molecule is Cc1cc(C(Br)CCC(F)(F)F)c(C)cc1Cl. The van der Waals surface area contributed by atoms with Crippen LogP contribution in [0.3, 0.4) is 0 Å². The zero-order chi connectivity index (χ0) is 13.2. The summed E-state index contributed by atoms with van der Waals surface area (Å²) < 4.78 is 36.4. The van der Waals surface area contributed by atoms with E-state index in [9.17, 15) is 13.2 Å². The maximum Gasteiger partial charge on any atom is 0.389 e. The Morgan fingerprint density at radius 3 is 2.35 bits per heavy atom. The van der Waals surface area contributed by atoms with Crippen molar-refractivity contribution < 1.29 is 13.2 Å². The average Bonchev–Trinajstić information content (AvgIpc) is 2.19. The molecule has 5 heteroatoms. The predicted molar refractivity (Wildman–Crippen MR) is 67.9 cm³/mol. The van der Waals surface area contributed by atoms with Crippen molar-refractivity contribution in [2.75, 3.05) is 0 Å². The van der Waals surface area contributed by atoms with Crippen molar-refractivity contribution in [2.24, 2.45) is 0 Å². The molecule has 0 heterocycles. The molecule has 0 aromatic heterocycles. The average molecular weight is 330 g/mol. The van der Waals surface area contributed by atoms with Crippen LogP contribution in [0.4, 0.5) is 13.2 Å². The van der Waals surface area contributed by atoms with E-state index in [1.807, 2.05) is 19.9 Å². The second-order valence-electron chi connectivity index (χ2n) is 4.08. The highest BCUT2D eigenvalue weighted by Gasteiger charge is 2.28. The molecular formula is C12H13BrClF3. The molecule has 0 fully saturated rings. The van der Waals surface area contributed by atoms with Gasteiger partial charge in [-0.3, -0.25) is 0 Å². The van der Waals surface area contributed by atoms with E-state index in [-0.39, 0.29) is 11.2 Å². The van der Waals surface area contributed by atoms with Crippen LogP contribution in [-0.4, -0.2) is 6.18 Å². The van der Waals surface area contributed by atoms with Crippen LogP contribution in [0.15, 0.2) is 12.1 Å². The van der Waals surface area contributed by atoms with Crippen molar-refractivity contribution in [3.8, 4) is 0 Å². The second-order valence-corrected chi connectivity index (χ2v) is 5.59. The van der Waals surface area contributed by atoms with Gasteiger partial charge < -0.3 is 0 Å². The molecule has 0 aliphatic heterocycles. The smallest absolute Gasteiger partial charge is 0.171 e. The Morgan fingerprint density at radius 2 is 1.82 bits per heavy atom. The van der Waals surface area contributed by atoms with Crippen molar-refractivity contribution in [2.45, 2.75) is 37.7 Å². The van der Waals surface area contributed by atoms with Gasteiger partial charge in [-0.2, -0.15) is 13.2 Å². The van der Waals surface area contributed by atoms with Crippen molar-refractivity contribution in [3.63, 3.8) is 0 Å². The molecule has 1 aromatic rings. The minimum atomic E-state index is -4.11. The van der Waals surface area contributed by atoms with Crippen molar-refractivity contribution in [3.05, 3.63) is 33.8 Å². The highest BCUT2D eigenvalue weighted by molar-refractivity contribution is 9.09.